The number of carbonyl (C=O) groups is 2. The second-order valence-corrected chi connectivity index (χ2v) is 5.59. The first-order chi connectivity index (χ1) is 12.6. The minimum Gasteiger partial charge on any atom is -0.480 e. The van der Waals surface area contributed by atoms with E-state index in [4.69, 9.17) is 5.11 Å². The summed E-state index contributed by atoms with van der Waals surface area (Å²) in [5, 5.41) is 8.95. The molecule has 3 aromatic rings. The summed E-state index contributed by atoms with van der Waals surface area (Å²) in [7, 11) is 0. The van der Waals surface area contributed by atoms with E-state index in [-0.39, 0.29) is 16.6 Å². The number of H-pyrrole nitrogens is 1. The number of aliphatic carboxylic acids is 1. The van der Waals surface area contributed by atoms with Gasteiger partial charge in [0, 0.05) is 18.0 Å². The molecule has 2 heterocycles. The number of halogens is 3. The van der Waals surface area contributed by atoms with Crippen LogP contribution in [0, 0.1) is 0 Å². The molecule has 11 heteroatoms. The summed E-state index contributed by atoms with van der Waals surface area (Å²) in [6.45, 7) is -0.907. The van der Waals surface area contributed by atoms with Gasteiger partial charge in [-0.25, -0.2) is 0 Å². The number of nitrogens with one attached hydrogen (secondary N) is 1. The van der Waals surface area contributed by atoms with Crippen LogP contribution < -0.4 is 11.1 Å². The second-order valence-electron chi connectivity index (χ2n) is 5.59. The molecule has 0 saturated carbocycles. The minimum atomic E-state index is -4.82. The van der Waals surface area contributed by atoms with Crippen LogP contribution in [0.4, 0.5) is 13.2 Å². The molecule has 0 amide bonds. The van der Waals surface area contributed by atoms with E-state index in [1.165, 1.54) is 12.3 Å². The maximum Gasteiger partial charge on any atom is 0.418 e. The third-order valence-corrected chi connectivity index (χ3v) is 3.82. The number of nitrogens with zero attached hydrogens (tertiary/aromatic N) is 2. The molecule has 3 rings (SSSR count). The lowest BCUT2D eigenvalue weighted by Gasteiger charge is -2.16. The van der Waals surface area contributed by atoms with Crippen molar-refractivity contribution < 1.29 is 27.9 Å². The predicted octanol–water partition coefficient (Wildman–Crippen LogP) is 1.40. The topological polar surface area (TPSA) is 114 Å². The Bertz CT molecular complexity index is 1190. The van der Waals surface area contributed by atoms with E-state index < -0.39 is 41.1 Å². The molecule has 0 bridgehead atoms. The van der Waals surface area contributed by atoms with Crippen LogP contribution in [0.15, 0.2) is 40.2 Å². The van der Waals surface area contributed by atoms with E-state index in [9.17, 15) is 32.3 Å². The molecule has 2 aromatic heterocycles. The molecule has 0 radical (unpaired) electrons. The summed E-state index contributed by atoms with van der Waals surface area (Å²) in [5.41, 5.74) is -4.46. The number of rotatable bonds is 4. The van der Waals surface area contributed by atoms with Crippen molar-refractivity contribution >= 4 is 23.3 Å². The van der Waals surface area contributed by atoms with Crippen LogP contribution in [0.25, 0.3) is 16.7 Å². The molecule has 0 aliphatic heterocycles. The maximum absolute atomic E-state index is 13.5. The van der Waals surface area contributed by atoms with Crippen LogP contribution in [0.3, 0.4) is 0 Å². The standard InChI is InChI=1S/C16H10F3N3O5/c17-16(18,19)9-3-10-12(4-11(9)21-2-1-8(5-21)7-23)22(6-13(24)25)15(27)14(26)20-10/h1-5,7H,6H2,(H,20,26)(H,24,25). The number of aromatic nitrogens is 3. The van der Waals surface area contributed by atoms with Crippen molar-refractivity contribution in [2.24, 2.45) is 0 Å². The van der Waals surface area contributed by atoms with Gasteiger partial charge in [0.25, 0.3) is 0 Å². The minimum absolute atomic E-state index is 0.118. The highest BCUT2D eigenvalue weighted by Crippen LogP contribution is 2.36. The lowest BCUT2D eigenvalue weighted by molar-refractivity contribution is -0.138. The Kier molecular flexibility index (Phi) is 4.22. The average Bonchev–Trinajstić information content (AvgIpc) is 3.06. The molecule has 8 nitrogen and oxygen atoms in total. The quantitative estimate of drug-likeness (QED) is 0.524. The number of carbonyl (C=O) groups excluding carboxylic acids is 1. The van der Waals surface area contributed by atoms with E-state index in [1.54, 1.807) is 0 Å². The Morgan fingerprint density at radius 2 is 1.96 bits per heavy atom. The van der Waals surface area contributed by atoms with Crippen LogP contribution in [-0.4, -0.2) is 31.5 Å². The van der Waals surface area contributed by atoms with Crippen molar-refractivity contribution in [2.75, 3.05) is 0 Å². The van der Waals surface area contributed by atoms with Gasteiger partial charge in [-0.2, -0.15) is 13.2 Å². The number of aldehydes is 1. The van der Waals surface area contributed by atoms with Gasteiger partial charge in [0.2, 0.25) is 0 Å². The van der Waals surface area contributed by atoms with Crippen LogP contribution >= 0.6 is 0 Å². The number of fused-ring (bicyclic) bond motifs is 1. The smallest absolute Gasteiger partial charge is 0.418 e. The van der Waals surface area contributed by atoms with Crippen LogP contribution in [0.5, 0.6) is 0 Å². The summed E-state index contributed by atoms with van der Waals surface area (Å²) in [6, 6.07) is 2.84. The Morgan fingerprint density at radius 3 is 2.52 bits per heavy atom. The number of alkyl halides is 3. The molecule has 27 heavy (non-hydrogen) atoms. The van der Waals surface area contributed by atoms with Crippen molar-refractivity contribution in [3.05, 3.63) is 62.4 Å². The van der Waals surface area contributed by atoms with Gasteiger partial charge in [-0.15, -0.1) is 0 Å². The highest BCUT2D eigenvalue weighted by atomic mass is 19.4. The van der Waals surface area contributed by atoms with E-state index in [0.717, 1.165) is 16.8 Å². The number of carboxylic acid groups (broad SMARTS) is 1. The van der Waals surface area contributed by atoms with Crippen LogP contribution in [0.2, 0.25) is 0 Å². The van der Waals surface area contributed by atoms with E-state index in [1.807, 2.05) is 4.98 Å². The Morgan fingerprint density at radius 1 is 1.26 bits per heavy atom. The number of hydrogen-bond acceptors (Lipinski definition) is 4. The SMILES string of the molecule is O=Cc1ccn(-c2cc3c(cc2C(F)(F)F)[nH]c(=O)c(=O)n3CC(=O)O)c1. The molecular weight excluding hydrogens is 371 g/mol. The summed E-state index contributed by atoms with van der Waals surface area (Å²) in [5.74, 6) is -1.45. The van der Waals surface area contributed by atoms with Crippen molar-refractivity contribution in [2.45, 2.75) is 12.7 Å². The molecule has 140 valence electrons. The molecule has 0 fully saturated rings. The maximum atomic E-state index is 13.5. The molecule has 0 spiro atoms. The van der Waals surface area contributed by atoms with Crippen LogP contribution in [0.1, 0.15) is 15.9 Å². The zero-order chi connectivity index (χ0) is 19.9. The number of hydrogen-bond donors (Lipinski definition) is 2. The van der Waals surface area contributed by atoms with Gasteiger partial charge in [0.1, 0.15) is 6.54 Å². The van der Waals surface area contributed by atoms with E-state index in [2.05, 4.69) is 0 Å². The van der Waals surface area contributed by atoms with Crippen molar-refractivity contribution in [3.63, 3.8) is 0 Å². The second kappa shape index (κ2) is 6.27. The van der Waals surface area contributed by atoms with Gasteiger partial charge in [-0.1, -0.05) is 0 Å². The summed E-state index contributed by atoms with van der Waals surface area (Å²) in [6.07, 6.45) is -2.01. The fourth-order valence-corrected chi connectivity index (χ4v) is 2.67. The summed E-state index contributed by atoms with van der Waals surface area (Å²) in [4.78, 5) is 47.5. The number of benzene rings is 1. The molecule has 1 aromatic carbocycles. The van der Waals surface area contributed by atoms with Crippen LogP contribution in [-0.2, 0) is 17.5 Å². The number of carboxylic acids is 1. The van der Waals surface area contributed by atoms with Gasteiger partial charge >= 0.3 is 23.3 Å². The van der Waals surface area contributed by atoms with Crippen molar-refractivity contribution in [1.82, 2.24) is 14.1 Å². The van der Waals surface area contributed by atoms with Crippen molar-refractivity contribution in [1.29, 1.82) is 0 Å². The third kappa shape index (κ3) is 3.26. The first-order valence-electron chi connectivity index (χ1n) is 7.35. The highest BCUT2D eigenvalue weighted by molar-refractivity contribution is 5.81. The van der Waals surface area contributed by atoms with Crippen molar-refractivity contribution in [3.8, 4) is 5.69 Å². The highest BCUT2D eigenvalue weighted by Gasteiger charge is 2.35. The normalized spacial score (nSPS) is 11.7. The fourth-order valence-electron chi connectivity index (χ4n) is 2.67. The molecular formula is C16H10F3N3O5. The molecule has 2 N–H and O–H groups in total. The average molecular weight is 381 g/mol. The molecule has 0 atom stereocenters. The number of aromatic amines is 1. The first-order valence-corrected chi connectivity index (χ1v) is 7.35. The van der Waals surface area contributed by atoms with Gasteiger partial charge < -0.3 is 14.7 Å². The van der Waals surface area contributed by atoms with E-state index in [0.29, 0.717) is 16.9 Å². The first kappa shape index (κ1) is 18.2. The Labute approximate surface area is 147 Å². The largest absolute Gasteiger partial charge is 0.480 e. The van der Waals surface area contributed by atoms with Gasteiger partial charge in [-0.05, 0) is 18.2 Å². The molecule has 0 aliphatic carbocycles. The summed E-state index contributed by atoms with van der Waals surface area (Å²) < 4.78 is 42.1. The Hall–Kier alpha value is -3.63. The molecule has 0 unspecified atom stereocenters. The lowest BCUT2D eigenvalue weighted by atomic mass is 10.1. The lowest BCUT2D eigenvalue weighted by Crippen LogP contribution is -2.38. The zero-order valence-corrected chi connectivity index (χ0v) is 13.3. The summed E-state index contributed by atoms with van der Waals surface area (Å²) >= 11 is 0. The predicted molar refractivity (Wildman–Crippen MR) is 86.2 cm³/mol. The van der Waals surface area contributed by atoms with Gasteiger partial charge in [-0.3, -0.25) is 23.7 Å². The van der Waals surface area contributed by atoms with E-state index >= 15 is 0 Å². The molecule has 0 aliphatic rings. The molecule has 0 saturated heterocycles. The van der Waals surface area contributed by atoms with Gasteiger partial charge in [0.15, 0.2) is 6.29 Å². The fraction of sp³-hybridized carbons (Fsp3) is 0.125. The van der Waals surface area contributed by atoms with Gasteiger partial charge in [0.05, 0.1) is 22.3 Å². The zero-order valence-electron chi connectivity index (χ0n) is 13.3. The third-order valence-electron chi connectivity index (χ3n) is 3.82. The Balaban J connectivity index is 2.43. The monoisotopic (exact) mass is 381 g/mol.